The first kappa shape index (κ1) is 57.0. The van der Waals surface area contributed by atoms with E-state index < -0.39 is 0 Å². The average Bonchev–Trinajstić information content (AvgIpc) is 0.754. The molecule has 448 valence electrons. The maximum absolute atomic E-state index is 4.95. The van der Waals surface area contributed by atoms with Gasteiger partial charge in [-0.1, -0.05) is 322 Å². The summed E-state index contributed by atoms with van der Waals surface area (Å²) in [4.78, 5) is 29.4. The van der Waals surface area contributed by atoms with Crippen LogP contribution in [0.5, 0.6) is 0 Å². The van der Waals surface area contributed by atoms with Gasteiger partial charge in [-0.05, 0) is 139 Å². The van der Waals surface area contributed by atoms with Crippen molar-refractivity contribution in [3.05, 3.63) is 352 Å². The summed E-state index contributed by atoms with van der Waals surface area (Å²) in [5.41, 5.74) is 15.0. The van der Waals surface area contributed by atoms with Crippen molar-refractivity contribution in [1.29, 1.82) is 0 Å². The number of aromatic nitrogens is 6. The molecule has 0 spiro atoms. The smallest absolute Gasteiger partial charge is 0.164 e. The van der Waals surface area contributed by atoms with Crippen LogP contribution in [0.15, 0.2) is 352 Å². The molecule has 0 aliphatic heterocycles. The van der Waals surface area contributed by atoms with E-state index in [2.05, 4.69) is 231 Å². The summed E-state index contributed by atoms with van der Waals surface area (Å²) in [6, 6.07) is 124. The first-order valence-corrected chi connectivity index (χ1v) is 32.4. The summed E-state index contributed by atoms with van der Waals surface area (Å²) >= 11 is 0. The van der Waals surface area contributed by atoms with E-state index in [1.54, 1.807) is 0 Å². The topological polar surface area (TPSA) is 77.3 Å². The lowest BCUT2D eigenvalue weighted by Gasteiger charge is -2.13. The van der Waals surface area contributed by atoms with Gasteiger partial charge in [-0.15, -0.1) is 0 Å². The third kappa shape index (κ3) is 11.0. The summed E-state index contributed by atoms with van der Waals surface area (Å²) < 4.78 is 0. The second kappa shape index (κ2) is 25.0. The molecule has 0 radical (unpaired) electrons. The molecule has 0 saturated heterocycles. The Morgan fingerprint density at radius 3 is 0.583 bits per heavy atom. The van der Waals surface area contributed by atoms with E-state index in [0.717, 1.165) is 55.6 Å². The van der Waals surface area contributed by atoms with E-state index in [9.17, 15) is 0 Å². The van der Waals surface area contributed by atoms with E-state index in [1.165, 1.54) is 86.9 Å². The molecule has 2 heterocycles. The Kier molecular flexibility index (Phi) is 14.8. The minimum atomic E-state index is 0.648. The molecule has 6 heteroatoms. The molecule has 96 heavy (non-hydrogen) atoms. The van der Waals surface area contributed by atoms with Gasteiger partial charge >= 0.3 is 0 Å². The molecule has 0 saturated carbocycles. The second-order valence-corrected chi connectivity index (χ2v) is 24.1. The largest absolute Gasteiger partial charge is 0.208 e. The number of hydrogen-bond donors (Lipinski definition) is 0. The quantitative estimate of drug-likeness (QED) is 0.127. The highest BCUT2D eigenvalue weighted by Gasteiger charge is 2.17. The molecule has 2 aromatic heterocycles. The molecule has 18 aromatic rings. The zero-order valence-corrected chi connectivity index (χ0v) is 52.2. The Morgan fingerprint density at radius 1 is 0.104 bits per heavy atom. The van der Waals surface area contributed by atoms with Crippen LogP contribution in [0.2, 0.25) is 0 Å². The molecule has 0 bridgehead atoms. The van der Waals surface area contributed by atoms with Crippen LogP contribution >= 0.6 is 0 Å². The molecule has 0 fully saturated rings. The minimum Gasteiger partial charge on any atom is -0.208 e. The fraction of sp³-hybridized carbons (Fsp3) is 0. The molecule has 0 amide bonds. The van der Waals surface area contributed by atoms with Crippen molar-refractivity contribution in [2.75, 3.05) is 0 Å². The predicted octanol–water partition coefficient (Wildman–Crippen LogP) is 23.3. The molecule has 16 aromatic carbocycles. The minimum absolute atomic E-state index is 0.648. The Bertz CT molecular complexity index is 5750. The van der Waals surface area contributed by atoms with Gasteiger partial charge in [0.25, 0.3) is 0 Å². The third-order valence-corrected chi connectivity index (χ3v) is 18.2. The maximum atomic E-state index is 4.95. The third-order valence-electron chi connectivity index (χ3n) is 18.2. The summed E-state index contributed by atoms with van der Waals surface area (Å²) in [5, 5.41) is 15.4. The van der Waals surface area contributed by atoms with Crippen molar-refractivity contribution in [2.45, 2.75) is 0 Å². The van der Waals surface area contributed by atoms with Crippen LogP contribution in [0.1, 0.15) is 0 Å². The standard InChI is InChI=1S/2C45H29N3/c1-3-13-30(14-4-1)43-46-44(31-15-5-2-6-16-31)48-45(47-43)36-20-12-19-34(28-36)32-17-11-18-33(27-32)35-25-26-41-39-23-8-7-21-37(39)38-22-9-10-24-40(38)42(41)29-35;1-3-12-31(13-4-1)43-46-44(32-14-5-2-6-15-32)48-45(47-43)33-24-22-30(23-25-33)34-16-11-17-35(28-34)36-26-27-41-39-20-8-7-18-37(39)38-19-9-10-21-40(38)42(41)29-36/h2*1-29H. The van der Waals surface area contributed by atoms with Crippen molar-refractivity contribution in [3.63, 3.8) is 0 Å². The van der Waals surface area contributed by atoms with E-state index >= 15 is 0 Å². The van der Waals surface area contributed by atoms with Crippen LogP contribution < -0.4 is 0 Å². The first-order chi connectivity index (χ1) is 47.6. The highest BCUT2D eigenvalue weighted by atomic mass is 15.0. The molecule has 6 nitrogen and oxygen atoms in total. The molecular formula is C90H58N6. The van der Waals surface area contributed by atoms with Crippen molar-refractivity contribution in [1.82, 2.24) is 29.9 Å². The summed E-state index contributed by atoms with van der Waals surface area (Å²) in [5.74, 6) is 3.93. The van der Waals surface area contributed by atoms with Gasteiger partial charge in [-0.3, -0.25) is 0 Å². The van der Waals surface area contributed by atoms with E-state index in [1.807, 2.05) is 121 Å². The number of benzene rings is 16. The maximum Gasteiger partial charge on any atom is 0.164 e. The van der Waals surface area contributed by atoms with Crippen molar-refractivity contribution in [3.8, 4) is 113 Å². The Morgan fingerprint density at radius 2 is 0.281 bits per heavy atom. The summed E-state index contributed by atoms with van der Waals surface area (Å²) in [6.07, 6.45) is 0. The lowest BCUT2D eigenvalue weighted by Crippen LogP contribution is -2.00. The van der Waals surface area contributed by atoms with Gasteiger partial charge in [0.1, 0.15) is 0 Å². The molecule has 0 unspecified atom stereocenters. The molecule has 0 atom stereocenters. The van der Waals surface area contributed by atoms with Crippen molar-refractivity contribution in [2.24, 2.45) is 0 Å². The van der Waals surface area contributed by atoms with Crippen molar-refractivity contribution >= 4 is 64.6 Å². The van der Waals surface area contributed by atoms with E-state index in [0.29, 0.717) is 34.9 Å². The number of rotatable bonds is 10. The van der Waals surface area contributed by atoms with Crippen LogP contribution in [-0.2, 0) is 0 Å². The van der Waals surface area contributed by atoms with Crippen LogP contribution in [0.4, 0.5) is 0 Å². The highest BCUT2D eigenvalue weighted by Crippen LogP contribution is 2.41. The molecule has 18 rings (SSSR count). The summed E-state index contributed by atoms with van der Waals surface area (Å²) in [6.45, 7) is 0. The number of hydrogen-bond acceptors (Lipinski definition) is 6. The predicted molar refractivity (Wildman–Crippen MR) is 399 cm³/mol. The fourth-order valence-corrected chi connectivity index (χ4v) is 13.5. The normalized spacial score (nSPS) is 11.3. The van der Waals surface area contributed by atoms with Gasteiger partial charge in [0.05, 0.1) is 0 Å². The van der Waals surface area contributed by atoms with Crippen LogP contribution in [0, 0.1) is 0 Å². The van der Waals surface area contributed by atoms with Gasteiger partial charge in [0.2, 0.25) is 0 Å². The van der Waals surface area contributed by atoms with Gasteiger partial charge < -0.3 is 0 Å². The highest BCUT2D eigenvalue weighted by molar-refractivity contribution is 6.27. The SMILES string of the molecule is c1ccc(-c2nc(-c3ccccc3)nc(-c3ccc(-c4cccc(-c5ccc6c7ccccc7c7ccccc7c6c5)c4)cc3)n2)cc1.c1ccc(-c2nc(-c3ccccc3)nc(-c3cccc(-c4cccc(-c5ccc6c7ccccc7c7ccccc7c6c5)c4)c3)n2)cc1. The molecule has 0 N–H and O–H groups in total. The lowest BCUT2D eigenvalue weighted by atomic mass is 9.91. The van der Waals surface area contributed by atoms with Crippen LogP contribution in [-0.4, -0.2) is 29.9 Å². The molecular weight excluding hydrogens is 1170 g/mol. The van der Waals surface area contributed by atoms with Gasteiger partial charge in [-0.2, -0.15) is 0 Å². The van der Waals surface area contributed by atoms with E-state index in [4.69, 9.17) is 29.9 Å². The monoisotopic (exact) mass is 1220 g/mol. The van der Waals surface area contributed by atoms with Crippen LogP contribution in [0.25, 0.3) is 177 Å². The van der Waals surface area contributed by atoms with Crippen LogP contribution in [0.3, 0.4) is 0 Å². The summed E-state index contributed by atoms with van der Waals surface area (Å²) in [7, 11) is 0. The Balaban J connectivity index is 0.000000145. The average molecular weight is 1220 g/mol. The van der Waals surface area contributed by atoms with Gasteiger partial charge in [-0.25, -0.2) is 29.9 Å². The molecule has 0 aliphatic carbocycles. The Labute approximate surface area is 555 Å². The Hall–Kier alpha value is -12.9. The first-order valence-electron chi connectivity index (χ1n) is 32.4. The van der Waals surface area contributed by atoms with Crippen molar-refractivity contribution < 1.29 is 0 Å². The number of nitrogens with zero attached hydrogens (tertiary/aromatic N) is 6. The second-order valence-electron chi connectivity index (χ2n) is 24.1. The zero-order valence-electron chi connectivity index (χ0n) is 52.2. The zero-order chi connectivity index (χ0) is 63.7. The number of fused-ring (bicyclic) bond motifs is 12. The van der Waals surface area contributed by atoms with Gasteiger partial charge in [0, 0.05) is 33.4 Å². The molecule has 0 aliphatic rings. The fourth-order valence-electron chi connectivity index (χ4n) is 13.5. The van der Waals surface area contributed by atoms with Gasteiger partial charge in [0.15, 0.2) is 34.9 Å². The van der Waals surface area contributed by atoms with E-state index in [-0.39, 0.29) is 0 Å². The lowest BCUT2D eigenvalue weighted by molar-refractivity contribution is 1.07.